The molecule has 2 aliphatic rings. The van der Waals surface area contributed by atoms with E-state index in [1.54, 1.807) is 0 Å². The highest BCUT2D eigenvalue weighted by atomic mass is 16.5. The average Bonchev–Trinajstić information content (AvgIpc) is 2.44. The Bertz CT molecular complexity index is 446. The summed E-state index contributed by atoms with van der Waals surface area (Å²) in [6, 6.07) is 8.89. The molecule has 0 bridgehead atoms. The number of rotatable bonds is 2. The van der Waals surface area contributed by atoms with Gasteiger partial charge in [-0.3, -0.25) is 0 Å². The molecule has 2 aliphatic heterocycles. The Morgan fingerprint density at radius 2 is 2.21 bits per heavy atom. The molecule has 2 heterocycles. The summed E-state index contributed by atoms with van der Waals surface area (Å²) in [6.45, 7) is 7.01. The highest BCUT2D eigenvalue weighted by Gasteiger charge is 2.47. The standard InChI is InChI=1S/C16H23NO2/c1-3-17-13-8-9-19-16(10-13)12(2)11-18-15-7-5-4-6-14(15)16/h4-7,12-13,17H,3,8-11H2,1-2H3. The molecule has 1 aromatic rings. The molecule has 19 heavy (non-hydrogen) atoms. The lowest BCUT2D eigenvalue weighted by atomic mass is 9.74. The van der Waals surface area contributed by atoms with Crippen molar-refractivity contribution in [3.63, 3.8) is 0 Å². The first-order valence-corrected chi connectivity index (χ1v) is 7.36. The first kappa shape index (κ1) is 12.9. The van der Waals surface area contributed by atoms with Crippen LogP contribution in [0.15, 0.2) is 24.3 Å². The van der Waals surface area contributed by atoms with Gasteiger partial charge >= 0.3 is 0 Å². The van der Waals surface area contributed by atoms with E-state index < -0.39 is 0 Å². The van der Waals surface area contributed by atoms with Crippen molar-refractivity contribution in [1.29, 1.82) is 0 Å². The van der Waals surface area contributed by atoms with Gasteiger partial charge in [0.05, 0.1) is 6.61 Å². The fraction of sp³-hybridized carbons (Fsp3) is 0.625. The van der Waals surface area contributed by atoms with Crippen LogP contribution in [-0.4, -0.2) is 25.8 Å². The van der Waals surface area contributed by atoms with Crippen molar-refractivity contribution in [3.05, 3.63) is 29.8 Å². The van der Waals surface area contributed by atoms with Crippen LogP contribution in [0, 0.1) is 5.92 Å². The predicted molar refractivity (Wildman–Crippen MR) is 75.4 cm³/mol. The third-order valence-corrected chi connectivity index (χ3v) is 4.50. The Morgan fingerprint density at radius 1 is 1.37 bits per heavy atom. The molecule has 1 N–H and O–H groups in total. The van der Waals surface area contributed by atoms with Gasteiger partial charge in [-0.2, -0.15) is 0 Å². The Kier molecular flexibility index (Phi) is 3.50. The summed E-state index contributed by atoms with van der Waals surface area (Å²) in [5, 5.41) is 3.59. The third kappa shape index (κ3) is 2.15. The van der Waals surface area contributed by atoms with Gasteiger partial charge in [-0.25, -0.2) is 0 Å². The van der Waals surface area contributed by atoms with Crippen LogP contribution in [0.2, 0.25) is 0 Å². The lowest BCUT2D eigenvalue weighted by molar-refractivity contribution is -0.145. The summed E-state index contributed by atoms with van der Waals surface area (Å²) >= 11 is 0. The monoisotopic (exact) mass is 261 g/mol. The minimum Gasteiger partial charge on any atom is -0.493 e. The predicted octanol–water partition coefficient (Wildman–Crippen LogP) is 2.70. The van der Waals surface area contributed by atoms with E-state index in [-0.39, 0.29) is 5.60 Å². The molecule has 1 aromatic carbocycles. The van der Waals surface area contributed by atoms with Gasteiger partial charge < -0.3 is 14.8 Å². The molecule has 3 unspecified atom stereocenters. The van der Waals surface area contributed by atoms with Crippen molar-refractivity contribution >= 4 is 0 Å². The Hall–Kier alpha value is -1.06. The zero-order valence-corrected chi connectivity index (χ0v) is 11.8. The average molecular weight is 261 g/mol. The van der Waals surface area contributed by atoms with Gasteiger partial charge in [0.15, 0.2) is 0 Å². The topological polar surface area (TPSA) is 30.5 Å². The number of hydrogen-bond acceptors (Lipinski definition) is 3. The van der Waals surface area contributed by atoms with Crippen LogP contribution in [0.3, 0.4) is 0 Å². The van der Waals surface area contributed by atoms with Crippen LogP contribution in [0.25, 0.3) is 0 Å². The molecule has 1 saturated heterocycles. The largest absolute Gasteiger partial charge is 0.493 e. The third-order valence-electron chi connectivity index (χ3n) is 4.50. The van der Waals surface area contributed by atoms with E-state index >= 15 is 0 Å². The molecule has 0 aromatic heterocycles. The van der Waals surface area contributed by atoms with E-state index in [1.165, 1.54) is 5.56 Å². The van der Waals surface area contributed by atoms with E-state index in [1.807, 2.05) is 6.07 Å². The van der Waals surface area contributed by atoms with E-state index in [4.69, 9.17) is 9.47 Å². The molecule has 0 aliphatic carbocycles. The van der Waals surface area contributed by atoms with Gasteiger partial charge in [0.25, 0.3) is 0 Å². The van der Waals surface area contributed by atoms with Crippen molar-refractivity contribution in [3.8, 4) is 5.75 Å². The summed E-state index contributed by atoms with van der Waals surface area (Å²) in [5.41, 5.74) is 1.07. The Morgan fingerprint density at radius 3 is 3.05 bits per heavy atom. The summed E-state index contributed by atoms with van der Waals surface area (Å²) in [7, 11) is 0. The van der Waals surface area contributed by atoms with Gasteiger partial charge in [-0.05, 0) is 25.5 Å². The maximum atomic E-state index is 6.30. The van der Waals surface area contributed by atoms with E-state index in [2.05, 4.69) is 37.4 Å². The van der Waals surface area contributed by atoms with E-state index in [9.17, 15) is 0 Å². The van der Waals surface area contributed by atoms with Crippen LogP contribution < -0.4 is 10.1 Å². The number of hydrogen-bond donors (Lipinski definition) is 1. The van der Waals surface area contributed by atoms with Crippen molar-refractivity contribution in [1.82, 2.24) is 5.32 Å². The first-order valence-electron chi connectivity index (χ1n) is 7.36. The lowest BCUT2D eigenvalue weighted by Gasteiger charge is -2.48. The van der Waals surface area contributed by atoms with Gasteiger partial charge in [0.1, 0.15) is 11.4 Å². The fourth-order valence-corrected chi connectivity index (χ4v) is 3.46. The van der Waals surface area contributed by atoms with Crippen molar-refractivity contribution in [2.24, 2.45) is 5.92 Å². The SMILES string of the molecule is CCNC1CCOC2(C1)c1ccccc1OCC2C. The molecule has 1 spiro atoms. The molecule has 3 atom stereocenters. The number of ether oxygens (including phenoxy) is 2. The quantitative estimate of drug-likeness (QED) is 0.888. The van der Waals surface area contributed by atoms with Gasteiger partial charge in [-0.1, -0.05) is 32.0 Å². The van der Waals surface area contributed by atoms with Crippen molar-refractivity contribution < 1.29 is 9.47 Å². The van der Waals surface area contributed by atoms with Crippen LogP contribution in [-0.2, 0) is 10.3 Å². The second-order valence-electron chi connectivity index (χ2n) is 5.69. The molecular weight excluding hydrogens is 238 g/mol. The minimum atomic E-state index is -0.167. The van der Waals surface area contributed by atoms with Crippen molar-refractivity contribution in [2.45, 2.75) is 38.3 Å². The smallest absolute Gasteiger partial charge is 0.125 e. The molecule has 3 nitrogen and oxygen atoms in total. The molecule has 0 radical (unpaired) electrons. The molecule has 0 saturated carbocycles. The fourth-order valence-electron chi connectivity index (χ4n) is 3.46. The van der Waals surface area contributed by atoms with Crippen LogP contribution in [0.4, 0.5) is 0 Å². The van der Waals surface area contributed by atoms with Gasteiger partial charge in [0.2, 0.25) is 0 Å². The van der Waals surface area contributed by atoms with Crippen molar-refractivity contribution in [2.75, 3.05) is 19.8 Å². The lowest BCUT2D eigenvalue weighted by Crippen LogP contribution is -2.51. The van der Waals surface area contributed by atoms with Crippen LogP contribution in [0.5, 0.6) is 5.75 Å². The number of nitrogens with one attached hydrogen (secondary N) is 1. The molecule has 3 rings (SSSR count). The number of para-hydroxylation sites is 1. The highest BCUT2D eigenvalue weighted by molar-refractivity contribution is 5.41. The molecule has 1 fully saturated rings. The minimum absolute atomic E-state index is 0.167. The number of fused-ring (bicyclic) bond motifs is 2. The van der Waals surface area contributed by atoms with E-state index in [0.29, 0.717) is 12.0 Å². The van der Waals surface area contributed by atoms with Gasteiger partial charge in [0, 0.05) is 24.1 Å². The van der Waals surface area contributed by atoms with Gasteiger partial charge in [-0.15, -0.1) is 0 Å². The van der Waals surface area contributed by atoms with E-state index in [0.717, 1.165) is 38.3 Å². The maximum absolute atomic E-state index is 6.30. The molecule has 104 valence electrons. The second kappa shape index (κ2) is 5.14. The Balaban J connectivity index is 1.97. The highest BCUT2D eigenvalue weighted by Crippen LogP contribution is 2.48. The van der Waals surface area contributed by atoms with Crippen LogP contribution in [0.1, 0.15) is 32.3 Å². The second-order valence-corrected chi connectivity index (χ2v) is 5.69. The summed E-state index contributed by atoms with van der Waals surface area (Å²) < 4.78 is 12.2. The number of benzene rings is 1. The molecular formula is C16H23NO2. The normalized spacial score (nSPS) is 33.8. The zero-order chi connectivity index (χ0) is 13.3. The van der Waals surface area contributed by atoms with Crippen LogP contribution >= 0.6 is 0 Å². The first-order chi connectivity index (χ1) is 9.26. The summed E-state index contributed by atoms with van der Waals surface area (Å²) in [4.78, 5) is 0. The summed E-state index contributed by atoms with van der Waals surface area (Å²) in [6.07, 6.45) is 2.15. The maximum Gasteiger partial charge on any atom is 0.125 e. The zero-order valence-electron chi connectivity index (χ0n) is 11.8. The molecule has 3 heteroatoms. The Labute approximate surface area is 115 Å². The molecule has 0 amide bonds. The summed E-state index contributed by atoms with van der Waals surface area (Å²) in [5.74, 6) is 1.39.